The molecular formula is C14H16N2O. The highest BCUT2D eigenvalue weighted by atomic mass is 16.1. The predicted molar refractivity (Wildman–Crippen MR) is 69.0 cm³/mol. The Morgan fingerprint density at radius 3 is 2.88 bits per heavy atom. The van der Waals surface area contributed by atoms with Crippen LogP contribution in [0.3, 0.4) is 0 Å². The van der Waals surface area contributed by atoms with Crippen LogP contribution >= 0.6 is 0 Å². The molecule has 2 rings (SSSR count). The molecule has 2 N–H and O–H groups in total. The second kappa shape index (κ2) is 4.26. The van der Waals surface area contributed by atoms with Crippen molar-refractivity contribution in [3.8, 4) is 0 Å². The highest BCUT2D eigenvalue weighted by Gasteiger charge is 2.27. The van der Waals surface area contributed by atoms with Crippen LogP contribution in [0.2, 0.25) is 0 Å². The van der Waals surface area contributed by atoms with Crippen LogP contribution in [0, 0.1) is 0 Å². The highest BCUT2D eigenvalue weighted by Crippen LogP contribution is 2.18. The first kappa shape index (κ1) is 11.7. The van der Waals surface area contributed by atoms with Crippen LogP contribution in [0.5, 0.6) is 0 Å². The zero-order valence-corrected chi connectivity index (χ0v) is 10.1. The van der Waals surface area contributed by atoms with Gasteiger partial charge in [0.1, 0.15) is 0 Å². The van der Waals surface area contributed by atoms with Gasteiger partial charge < -0.3 is 5.73 Å². The average Bonchev–Trinajstić information content (AvgIpc) is 2.37. The van der Waals surface area contributed by atoms with Gasteiger partial charge in [0, 0.05) is 17.1 Å². The van der Waals surface area contributed by atoms with E-state index in [0.717, 1.165) is 10.9 Å². The first-order chi connectivity index (χ1) is 8.04. The molecule has 0 aliphatic rings. The summed E-state index contributed by atoms with van der Waals surface area (Å²) in [5, 5.41) is 1.03. The standard InChI is InChI=1S/C14H16N2O/c1-3-14(2,15)13(17)11-7-6-10-5-4-8-16-12(10)9-11/h4-9H,3,15H2,1-2H3. The summed E-state index contributed by atoms with van der Waals surface area (Å²) in [7, 11) is 0. The third kappa shape index (κ3) is 2.19. The molecule has 1 aromatic carbocycles. The molecule has 0 radical (unpaired) electrons. The number of Topliss-reactive ketones (excluding diaryl/α,β-unsaturated/α-hetero) is 1. The van der Waals surface area contributed by atoms with E-state index >= 15 is 0 Å². The van der Waals surface area contributed by atoms with E-state index in [2.05, 4.69) is 4.98 Å². The largest absolute Gasteiger partial charge is 0.319 e. The molecule has 0 saturated carbocycles. The van der Waals surface area contributed by atoms with E-state index in [9.17, 15) is 4.79 Å². The summed E-state index contributed by atoms with van der Waals surface area (Å²) >= 11 is 0. The molecule has 0 saturated heterocycles. The molecule has 0 aliphatic carbocycles. The van der Waals surface area contributed by atoms with E-state index in [1.54, 1.807) is 19.2 Å². The minimum absolute atomic E-state index is 0.0347. The van der Waals surface area contributed by atoms with Gasteiger partial charge in [-0.05, 0) is 25.5 Å². The monoisotopic (exact) mass is 228 g/mol. The fraction of sp³-hybridized carbons (Fsp3) is 0.286. The number of nitrogens with two attached hydrogens (primary N) is 1. The molecule has 3 heteroatoms. The molecule has 1 aromatic heterocycles. The van der Waals surface area contributed by atoms with Gasteiger partial charge in [0.2, 0.25) is 0 Å². The maximum absolute atomic E-state index is 12.2. The van der Waals surface area contributed by atoms with Crippen LogP contribution in [0.4, 0.5) is 0 Å². The van der Waals surface area contributed by atoms with E-state index in [-0.39, 0.29) is 5.78 Å². The van der Waals surface area contributed by atoms with Crippen LogP contribution in [0.15, 0.2) is 36.5 Å². The summed E-state index contributed by atoms with van der Waals surface area (Å²) in [4.78, 5) is 16.4. The summed E-state index contributed by atoms with van der Waals surface area (Å²) in [5.74, 6) is -0.0347. The molecule has 3 nitrogen and oxygen atoms in total. The summed E-state index contributed by atoms with van der Waals surface area (Å²) in [6, 6.07) is 9.37. The zero-order chi connectivity index (χ0) is 12.5. The van der Waals surface area contributed by atoms with Gasteiger partial charge in [-0.25, -0.2) is 0 Å². The summed E-state index contributed by atoms with van der Waals surface area (Å²) in [6.45, 7) is 3.68. The number of carbonyl (C=O) groups excluding carboxylic acids is 1. The molecule has 0 fully saturated rings. The summed E-state index contributed by atoms with van der Waals surface area (Å²) in [5.41, 5.74) is 6.61. The second-order valence-corrected chi connectivity index (χ2v) is 4.51. The van der Waals surface area contributed by atoms with Crippen molar-refractivity contribution in [2.24, 2.45) is 5.73 Å². The number of hydrogen-bond acceptors (Lipinski definition) is 3. The Balaban J connectivity index is 2.47. The van der Waals surface area contributed by atoms with E-state index in [4.69, 9.17) is 5.73 Å². The normalized spacial score (nSPS) is 14.5. The SMILES string of the molecule is CCC(C)(N)C(=O)c1ccc2cccnc2c1. The van der Waals surface area contributed by atoms with Crippen LogP contribution in [0.1, 0.15) is 30.6 Å². The van der Waals surface area contributed by atoms with Gasteiger partial charge in [0.25, 0.3) is 0 Å². The fourth-order valence-electron chi connectivity index (χ4n) is 1.70. The first-order valence-corrected chi connectivity index (χ1v) is 5.73. The number of ketones is 1. The van der Waals surface area contributed by atoms with Gasteiger partial charge >= 0.3 is 0 Å². The van der Waals surface area contributed by atoms with Gasteiger partial charge in [-0.15, -0.1) is 0 Å². The minimum atomic E-state index is -0.803. The summed E-state index contributed by atoms with van der Waals surface area (Å²) < 4.78 is 0. The molecule has 1 heterocycles. The number of pyridine rings is 1. The lowest BCUT2D eigenvalue weighted by atomic mass is 9.89. The number of aromatic nitrogens is 1. The van der Waals surface area contributed by atoms with E-state index < -0.39 is 5.54 Å². The smallest absolute Gasteiger partial charge is 0.182 e. The van der Waals surface area contributed by atoms with E-state index in [0.29, 0.717) is 12.0 Å². The van der Waals surface area contributed by atoms with Crippen molar-refractivity contribution in [3.63, 3.8) is 0 Å². The van der Waals surface area contributed by atoms with E-state index in [1.165, 1.54) is 0 Å². The van der Waals surface area contributed by atoms with Crippen molar-refractivity contribution in [1.29, 1.82) is 0 Å². The van der Waals surface area contributed by atoms with Crippen LogP contribution in [-0.2, 0) is 0 Å². The molecule has 1 atom stereocenters. The van der Waals surface area contributed by atoms with Crippen LogP contribution < -0.4 is 5.73 Å². The quantitative estimate of drug-likeness (QED) is 0.821. The minimum Gasteiger partial charge on any atom is -0.319 e. The van der Waals surface area contributed by atoms with Crippen molar-refractivity contribution >= 4 is 16.7 Å². The average molecular weight is 228 g/mol. The lowest BCUT2D eigenvalue weighted by molar-refractivity contribution is 0.0898. The third-order valence-corrected chi connectivity index (χ3v) is 3.12. The number of carbonyl (C=O) groups is 1. The molecule has 1 unspecified atom stereocenters. The Morgan fingerprint density at radius 1 is 1.41 bits per heavy atom. The number of hydrogen-bond donors (Lipinski definition) is 1. The topological polar surface area (TPSA) is 56.0 Å². The van der Waals surface area contributed by atoms with Gasteiger partial charge in [-0.1, -0.05) is 25.1 Å². The maximum atomic E-state index is 12.2. The van der Waals surface area contributed by atoms with Crippen molar-refractivity contribution in [3.05, 3.63) is 42.1 Å². The molecule has 0 bridgehead atoms. The van der Waals surface area contributed by atoms with E-state index in [1.807, 2.05) is 31.2 Å². The molecular weight excluding hydrogens is 212 g/mol. The van der Waals surface area contributed by atoms with Crippen molar-refractivity contribution < 1.29 is 4.79 Å². The molecule has 0 aliphatic heterocycles. The number of nitrogens with zero attached hydrogens (tertiary/aromatic N) is 1. The second-order valence-electron chi connectivity index (χ2n) is 4.51. The Morgan fingerprint density at radius 2 is 2.18 bits per heavy atom. The molecule has 17 heavy (non-hydrogen) atoms. The Bertz CT molecular complexity index is 561. The molecule has 88 valence electrons. The Kier molecular flexibility index (Phi) is 2.94. The zero-order valence-electron chi connectivity index (χ0n) is 10.1. The number of benzene rings is 1. The van der Waals surface area contributed by atoms with Crippen molar-refractivity contribution in [1.82, 2.24) is 4.98 Å². The Labute approximate surface area is 101 Å². The fourth-order valence-corrected chi connectivity index (χ4v) is 1.70. The Hall–Kier alpha value is -1.74. The van der Waals surface area contributed by atoms with Crippen LogP contribution in [0.25, 0.3) is 10.9 Å². The molecule has 2 aromatic rings. The predicted octanol–water partition coefficient (Wildman–Crippen LogP) is 2.54. The van der Waals surface area contributed by atoms with Crippen LogP contribution in [-0.4, -0.2) is 16.3 Å². The van der Waals surface area contributed by atoms with Gasteiger partial charge in [0.05, 0.1) is 11.1 Å². The first-order valence-electron chi connectivity index (χ1n) is 5.73. The maximum Gasteiger partial charge on any atom is 0.182 e. The lowest BCUT2D eigenvalue weighted by Crippen LogP contribution is -2.44. The van der Waals surface area contributed by atoms with Gasteiger partial charge in [-0.2, -0.15) is 0 Å². The third-order valence-electron chi connectivity index (χ3n) is 3.12. The number of rotatable bonds is 3. The summed E-state index contributed by atoms with van der Waals surface area (Å²) in [6.07, 6.45) is 2.34. The van der Waals surface area contributed by atoms with Crippen molar-refractivity contribution in [2.45, 2.75) is 25.8 Å². The van der Waals surface area contributed by atoms with Crippen molar-refractivity contribution in [2.75, 3.05) is 0 Å². The molecule has 0 spiro atoms. The number of fused-ring (bicyclic) bond motifs is 1. The van der Waals surface area contributed by atoms with Gasteiger partial charge in [-0.3, -0.25) is 9.78 Å². The lowest BCUT2D eigenvalue weighted by Gasteiger charge is -2.20. The highest BCUT2D eigenvalue weighted by molar-refractivity contribution is 6.04. The van der Waals surface area contributed by atoms with Gasteiger partial charge in [0.15, 0.2) is 5.78 Å². The molecule has 0 amide bonds.